The summed E-state index contributed by atoms with van der Waals surface area (Å²) in [7, 11) is 1.59. The van der Waals surface area contributed by atoms with E-state index >= 15 is 0 Å². The number of ether oxygens (including phenoxy) is 1. The highest BCUT2D eigenvalue weighted by Gasteiger charge is 2.35. The maximum Gasteiger partial charge on any atom is 0.267 e. The molecule has 4 rings (SSSR count). The first kappa shape index (κ1) is 22.0. The van der Waals surface area contributed by atoms with Crippen LogP contribution in [0.1, 0.15) is 18.4 Å². The van der Waals surface area contributed by atoms with Gasteiger partial charge in [-0.25, -0.2) is 4.68 Å². The van der Waals surface area contributed by atoms with Crippen LogP contribution in [-0.2, 0) is 16.9 Å². The molecule has 2 aromatic carbocycles. The number of aromatic nitrogens is 2. The zero-order valence-electron chi connectivity index (χ0n) is 17.7. The molecule has 0 unspecified atom stereocenters. The molecule has 1 fully saturated rings. The van der Waals surface area contributed by atoms with Crippen molar-refractivity contribution in [2.45, 2.75) is 25.0 Å². The van der Waals surface area contributed by atoms with Crippen molar-refractivity contribution in [2.75, 3.05) is 20.2 Å². The first-order valence-corrected chi connectivity index (χ1v) is 10.7. The number of hydrogen-bond donors (Lipinski definition) is 1. The first-order valence-electron chi connectivity index (χ1n) is 10.4. The summed E-state index contributed by atoms with van der Waals surface area (Å²) in [6, 6.07) is 17.5. The van der Waals surface area contributed by atoms with Gasteiger partial charge >= 0.3 is 0 Å². The van der Waals surface area contributed by atoms with Gasteiger partial charge in [-0.05, 0) is 60.9 Å². The van der Waals surface area contributed by atoms with Crippen molar-refractivity contribution in [2.24, 2.45) is 0 Å². The maximum absolute atomic E-state index is 12.9. The van der Waals surface area contributed by atoms with Crippen LogP contribution in [-0.4, -0.2) is 45.9 Å². The summed E-state index contributed by atoms with van der Waals surface area (Å²) in [4.78, 5) is 26.8. The van der Waals surface area contributed by atoms with Crippen molar-refractivity contribution < 1.29 is 14.6 Å². The zero-order chi connectivity index (χ0) is 22.7. The molecule has 7 nitrogen and oxygen atoms in total. The lowest BCUT2D eigenvalue weighted by atomic mass is 9.84. The highest BCUT2D eigenvalue weighted by molar-refractivity contribution is 6.30. The Balaban J connectivity index is 1.44. The van der Waals surface area contributed by atoms with Crippen molar-refractivity contribution in [1.29, 1.82) is 0 Å². The predicted octanol–water partition coefficient (Wildman–Crippen LogP) is 3.08. The Labute approximate surface area is 190 Å². The molecule has 8 heteroatoms. The molecule has 0 saturated carbocycles. The second-order valence-electron chi connectivity index (χ2n) is 7.86. The minimum atomic E-state index is -0.995. The predicted molar refractivity (Wildman–Crippen MR) is 122 cm³/mol. The van der Waals surface area contributed by atoms with Crippen molar-refractivity contribution in [3.8, 4) is 17.0 Å². The van der Waals surface area contributed by atoms with Gasteiger partial charge in [0, 0.05) is 29.7 Å². The molecular weight excluding hydrogens is 430 g/mol. The minimum absolute atomic E-state index is 0.151. The number of halogens is 1. The quantitative estimate of drug-likeness (QED) is 0.641. The molecule has 1 N–H and O–H groups in total. The normalized spacial score (nSPS) is 15.4. The molecule has 2 heterocycles. The Kier molecular flexibility index (Phi) is 6.30. The van der Waals surface area contributed by atoms with Crippen LogP contribution in [0.2, 0.25) is 5.02 Å². The number of nitrogens with zero attached hydrogens (tertiary/aromatic N) is 3. The van der Waals surface area contributed by atoms with Gasteiger partial charge in [-0.3, -0.25) is 9.59 Å². The molecule has 1 aliphatic rings. The van der Waals surface area contributed by atoms with Gasteiger partial charge in [0.05, 0.1) is 18.4 Å². The fourth-order valence-corrected chi connectivity index (χ4v) is 4.01. The lowest BCUT2D eigenvalue weighted by Gasteiger charge is -2.38. The van der Waals surface area contributed by atoms with Crippen molar-refractivity contribution in [1.82, 2.24) is 14.7 Å². The monoisotopic (exact) mass is 453 g/mol. The number of hydrogen-bond acceptors (Lipinski definition) is 5. The molecule has 0 spiro atoms. The Hall–Kier alpha value is -3.16. The molecule has 32 heavy (non-hydrogen) atoms. The summed E-state index contributed by atoms with van der Waals surface area (Å²) < 4.78 is 6.35. The van der Waals surface area contributed by atoms with Crippen LogP contribution in [0.4, 0.5) is 0 Å². The van der Waals surface area contributed by atoms with Gasteiger partial charge in [0.1, 0.15) is 12.3 Å². The number of aliphatic hydroxyl groups is 1. The number of piperidine rings is 1. The SMILES string of the molecule is COc1ccc(-c2ccc(=O)n(CC(=O)N3CCC(O)(c4ccc(Cl)cc4)CC3)n2)cc1. The van der Waals surface area contributed by atoms with E-state index in [2.05, 4.69) is 5.10 Å². The van der Waals surface area contributed by atoms with E-state index in [1.807, 2.05) is 36.4 Å². The van der Waals surface area contributed by atoms with E-state index in [1.165, 1.54) is 10.7 Å². The van der Waals surface area contributed by atoms with Gasteiger partial charge in [0.25, 0.3) is 5.56 Å². The standard InChI is InChI=1S/C24H24ClN3O4/c1-32-20-8-2-17(3-9-20)21-10-11-22(29)28(26-21)16-23(30)27-14-12-24(31,13-15-27)18-4-6-19(25)7-5-18/h2-11,31H,12-16H2,1H3. The third kappa shape index (κ3) is 4.69. The number of methoxy groups -OCH3 is 1. The van der Waals surface area contributed by atoms with E-state index < -0.39 is 5.60 Å². The van der Waals surface area contributed by atoms with Gasteiger partial charge in [0.15, 0.2) is 0 Å². The van der Waals surface area contributed by atoms with Gasteiger partial charge in [-0.2, -0.15) is 5.10 Å². The number of amides is 1. The summed E-state index contributed by atoms with van der Waals surface area (Å²) in [5.74, 6) is 0.519. The topological polar surface area (TPSA) is 84.7 Å². The Bertz CT molecular complexity index is 1150. The minimum Gasteiger partial charge on any atom is -0.497 e. The average Bonchev–Trinajstić information content (AvgIpc) is 2.81. The number of carbonyl (C=O) groups excluding carboxylic acids is 1. The van der Waals surface area contributed by atoms with Gasteiger partial charge in [0.2, 0.25) is 5.91 Å². The summed E-state index contributed by atoms with van der Waals surface area (Å²) >= 11 is 5.94. The summed E-state index contributed by atoms with van der Waals surface area (Å²) in [5, 5.41) is 16.0. The van der Waals surface area contributed by atoms with Crippen LogP contribution >= 0.6 is 11.6 Å². The fourth-order valence-electron chi connectivity index (χ4n) is 3.88. The first-order chi connectivity index (χ1) is 15.4. The third-order valence-corrected chi connectivity index (χ3v) is 6.11. The Morgan fingerprint density at radius 2 is 1.72 bits per heavy atom. The van der Waals surface area contributed by atoms with E-state index in [1.54, 1.807) is 30.2 Å². The Morgan fingerprint density at radius 1 is 1.06 bits per heavy atom. The van der Waals surface area contributed by atoms with E-state index in [9.17, 15) is 14.7 Å². The van der Waals surface area contributed by atoms with E-state index in [4.69, 9.17) is 16.3 Å². The molecule has 1 saturated heterocycles. The highest BCUT2D eigenvalue weighted by Crippen LogP contribution is 2.33. The molecule has 0 bridgehead atoms. The van der Waals surface area contributed by atoms with E-state index in [-0.39, 0.29) is 18.0 Å². The van der Waals surface area contributed by atoms with Gasteiger partial charge in [-0.15, -0.1) is 0 Å². The zero-order valence-corrected chi connectivity index (χ0v) is 18.5. The van der Waals surface area contributed by atoms with Crippen LogP contribution in [0.5, 0.6) is 5.75 Å². The largest absolute Gasteiger partial charge is 0.497 e. The van der Waals surface area contributed by atoms with Crippen molar-refractivity contribution in [3.05, 3.63) is 81.6 Å². The van der Waals surface area contributed by atoms with Crippen LogP contribution in [0.15, 0.2) is 65.5 Å². The summed E-state index contributed by atoms with van der Waals surface area (Å²) in [5.41, 5.74) is 0.864. The van der Waals surface area contributed by atoms with Crippen LogP contribution in [0, 0.1) is 0 Å². The number of carbonyl (C=O) groups is 1. The number of rotatable bonds is 5. The average molecular weight is 454 g/mol. The molecular formula is C24H24ClN3O4. The summed E-state index contributed by atoms with van der Waals surface area (Å²) in [6.45, 7) is 0.637. The van der Waals surface area contributed by atoms with Gasteiger partial charge < -0.3 is 14.7 Å². The highest BCUT2D eigenvalue weighted by atomic mass is 35.5. The smallest absolute Gasteiger partial charge is 0.267 e. The lowest BCUT2D eigenvalue weighted by Crippen LogP contribution is -2.47. The van der Waals surface area contributed by atoms with Crippen LogP contribution in [0.3, 0.4) is 0 Å². The van der Waals surface area contributed by atoms with E-state index in [0.717, 1.165) is 16.9 Å². The lowest BCUT2D eigenvalue weighted by molar-refractivity contribution is -0.136. The van der Waals surface area contributed by atoms with Crippen LogP contribution in [0.25, 0.3) is 11.3 Å². The molecule has 3 aromatic rings. The van der Waals surface area contributed by atoms with E-state index in [0.29, 0.717) is 36.6 Å². The van der Waals surface area contributed by atoms with Crippen LogP contribution < -0.4 is 10.3 Å². The molecule has 1 aliphatic heterocycles. The molecule has 1 amide bonds. The van der Waals surface area contributed by atoms with Crippen molar-refractivity contribution in [3.63, 3.8) is 0 Å². The number of likely N-dealkylation sites (tertiary alicyclic amines) is 1. The molecule has 166 valence electrons. The molecule has 1 aromatic heterocycles. The third-order valence-electron chi connectivity index (χ3n) is 5.86. The van der Waals surface area contributed by atoms with Crippen molar-refractivity contribution >= 4 is 17.5 Å². The Morgan fingerprint density at radius 3 is 2.34 bits per heavy atom. The molecule has 0 radical (unpaired) electrons. The second-order valence-corrected chi connectivity index (χ2v) is 8.30. The fraction of sp³-hybridized carbons (Fsp3) is 0.292. The summed E-state index contributed by atoms with van der Waals surface area (Å²) in [6.07, 6.45) is 0.823. The maximum atomic E-state index is 12.9. The molecule has 0 aliphatic carbocycles. The second kappa shape index (κ2) is 9.14. The molecule has 0 atom stereocenters. The number of benzene rings is 2. The van der Waals surface area contributed by atoms with Gasteiger partial charge in [-0.1, -0.05) is 23.7 Å².